The van der Waals surface area contributed by atoms with Crippen LogP contribution in [0.5, 0.6) is 0 Å². The molecule has 0 radical (unpaired) electrons. The minimum Gasteiger partial charge on any atom is -0.334 e. The van der Waals surface area contributed by atoms with Crippen LogP contribution < -0.4 is 10.2 Å². The van der Waals surface area contributed by atoms with Crippen LogP contribution in [0.3, 0.4) is 0 Å². The number of rotatable bonds is 5. The number of nitrogens with zero attached hydrogens (tertiary/aromatic N) is 3. The summed E-state index contributed by atoms with van der Waals surface area (Å²) < 4.78 is 19.8. The zero-order valence-electron chi connectivity index (χ0n) is 18.8. The molecular formula is C27H23FN4O2. The first kappa shape index (κ1) is 21.6. The lowest BCUT2D eigenvalue weighted by molar-refractivity contribution is 0.244. The fourth-order valence-electron chi connectivity index (χ4n) is 4.19. The number of allylic oxidation sites excluding steroid dienone is 1. The number of hydrogen-bond donors (Lipinski definition) is 1. The van der Waals surface area contributed by atoms with Crippen LogP contribution in [0, 0.1) is 5.82 Å². The maximum absolute atomic E-state index is 14.1. The van der Waals surface area contributed by atoms with Gasteiger partial charge in [-0.3, -0.25) is 4.90 Å². The van der Waals surface area contributed by atoms with Crippen molar-refractivity contribution in [2.45, 2.75) is 26.3 Å². The minimum atomic E-state index is -0.654. The number of halogens is 1. The maximum Gasteiger partial charge on any atom is 0.326 e. The van der Waals surface area contributed by atoms with E-state index in [4.69, 9.17) is 4.52 Å². The fraction of sp³-hybridized carbons (Fsp3) is 0.148. The van der Waals surface area contributed by atoms with E-state index in [-0.39, 0.29) is 11.9 Å². The van der Waals surface area contributed by atoms with E-state index in [9.17, 15) is 9.18 Å². The Morgan fingerprint density at radius 1 is 1.03 bits per heavy atom. The van der Waals surface area contributed by atoms with E-state index in [1.54, 1.807) is 17.0 Å². The van der Waals surface area contributed by atoms with E-state index in [1.165, 1.54) is 17.7 Å². The topological polar surface area (TPSA) is 71.3 Å². The van der Waals surface area contributed by atoms with Crippen molar-refractivity contribution >= 4 is 17.3 Å². The van der Waals surface area contributed by atoms with Crippen LogP contribution in [0.4, 0.5) is 14.9 Å². The zero-order chi connectivity index (χ0) is 23.7. The molecule has 3 aromatic carbocycles. The molecule has 4 aromatic rings. The number of amides is 2. The van der Waals surface area contributed by atoms with E-state index in [0.29, 0.717) is 28.3 Å². The van der Waals surface area contributed by atoms with Crippen molar-refractivity contribution in [3.63, 3.8) is 0 Å². The standard InChI is InChI=1S/C27H23FN4O2/c1-3-18-12-14-22(15-13-18)32-17(2)23(24(29-27(32)33)20-10-7-11-21(28)16-20)26-30-25(31-34-26)19-8-5-4-6-9-19/h4-16,24H,3H2,1-2H3,(H,29,33). The van der Waals surface area contributed by atoms with E-state index in [1.807, 2.05) is 61.5 Å². The average Bonchev–Trinajstić information content (AvgIpc) is 3.34. The average molecular weight is 455 g/mol. The van der Waals surface area contributed by atoms with Crippen LogP contribution >= 0.6 is 0 Å². The van der Waals surface area contributed by atoms with Crippen LogP contribution in [-0.4, -0.2) is 16.2 Å². The van der Waals surface area contributed by atoms with Gasteiger partial charge in [0.15, 0.2) is 0 Å². The van der Waals surface area contributed by atoms with Crippen molar-refractivity contribution in [3.8, 4) is 11.4 Å². The van der Waals surface area contributed by atoms with E-state index in [0.717, 1.165) is 12.0 Å². The Bertz CT molecular complexity index is 1360. The molecule has 1 aromatic heterocycles. The summed E-state index contributed by atoms with van der Waals surface area (Å²) in [6, 6.07) is 22.5. The van der Waals surface area contributed by atoms with Gasteiger partial charge in [0.2, 0.25) is 5.82 Å². The second-order valence-electron chi connectivity index (χ2n) is 8.08. The molecule has 0 fully saturated rings. The third-order valence-electron chi connectivity index (χ3n) is 5.96. The normalized spacial score (nSPS) is 16.0. The summed E-state index contributed by atoms with van der Waals surface area (Å²) in [6.45, 7) is 3.91. The van der Waals surface area contributed by atoms with Crippen LogP contribution in [0.1, 0.15) is 36.9 Å². The molecule has 2 heterocycles. The molecule has 2 amide bonds. The highest BCUT2D eigenvalue weighted by Crippen LogP contribution is 2.39. The molecular weight excluding hydrogens is 431 g/mol. The number of aryl methyl sites for hydroxylation is 1. The van der Waals surface area contributed by atoms with Crippen LogP contribution in [-0.2, 0) is 6.42 Å². The highest BCUT2D eigenvalue weighted by Gasteiger charge is 2.36. The SMILES string of the molecule is CCc1ccc(N2C(=O)NC(c3cccc(F)c3)C(c3nc(-c4ccccc4)no3)=C2C)cc1. The molecule has 6 nitrogen and oxygen atoms in total. The second kappa shape index (κ2) is 8.94. The molecule has 1 unspecified atom stereocenters. The van der Waals surface area contributed by atoms with Crippen molar-refractivity contribution in [1.82, 2.24) is 15.5 Å². The minimum absolute atomic E-state index is 0.265. The van der Waals surface area contributed by atoms with Gasteiger partial charge in [0.1, 0.15) is 5.82 Å². The predicted octanol–water partition coefficient (Wildman–Crippen LogP) is 6.14. The number of nitrogens with one attached hydrogen (secondary N) is 1. The predicted molar refractivity (Wildman–Crippen MR) is 128 cm³/mol. The van der Waals surface area contributed by atoms with Gasteiger partial charge in [-0.25, -0.2) is 9.18 Å². The highest BCUT2D eigenvalue weighted by atomic mass is 19.1. The number of carbonyl (C=O) groups is 1. The van der Waals surface area contributed by atoms with Gasteiger partial charge in [-0.2, -0.15) is 4.98 Å². The Morgan fingerprint density at radius 2 is 1.79 bits per heavy atom. The highest BCUT2D eigenvalue weighted by molar-refractivity contribution is 6.01. The third kappa shape index (κ3) is 3.96. The van der Waals surface area contributed by atoms with E-state index < -0.39 is 11.9 Å². The van der Waals surface area contributed by atoms with Gasteiger partial charge in [-0.05, 0) is 48.7 Å². The number of carbonyl (C=O) groups excluding carboxylic acids is 1. The summed E-state index contributed by atoms with van der Waals surface area (Å²) in [5.41, 5.74) is 4.52. The van der Waals surface area contributed by atoms with Crippen molar-refractivity contribution < 1.29 is 13.7 Å². The van der Waals surface area contributed by atoms with Crippen molar-refractivity contribution in [3.05, 3.63) is 107 Å². The van der Waals surface area contributed by atoms with Crippen molar-refractivity contribution in [2.75, 3.05) is 4.90 Å². The molecule has 1 atom stereocenters. The Hall–Kier alpha value is -4.26. The number of urea groups is 1. The molecule has 170 valence electrons. The Kier molecular flexibility index (Phi) is 5.67. The van der Waals surface area contributed by atoms with Crippen molar-refractivity contribution in [1.29, 1.82) is 0 Å². The molecule has 5 rings (SSSR count). The summed E-state index contributed by atoms with van der Waals surface area (Å²) in [7, 11) is 0. The van der Waals surface area contributed by atoms with Crippen molar-refractivity contribution in [2.24, 2.45) is 0 Å². The number of aromatic nitrogens is 2. The first-order valence-corrected chi connectivity index (χ1v) is 11.1. The summed E-state index contributed by atoms with van der Waals surface area (Å²) >= 11 is 0. The monoisotopic (exact) mass is 454 g/mol. The molecule has 34 heavy (non-hydrogen) atoms. The van der Waals surface area contributed by atoms with E-state index >= 15 is 0 Å². The lowest BCUT2D eigenvalue weighted by atomic mass is 9.94. The van der Waals surface area contributed by atoms with Crippen LogP contribution in [0.15, 0.2) is 89.1 Å². The number of hydrogen-bond acceptors (Lipinski definition) is 4. The second-order valence-corrected chi connectivity index (χ2v) is 8.08. The molecule has 0 aliphatic carbocycles. The molecule has 0 saturated carbocycles. The van der Waals surface area contributed by atoms with Gasteiger partial charge in [-0.15, -0.1) is 0 Å². The fourth-order valence-corrected chi connectivity index (χ4v) is 4.19. The Balaban J connectivity index is 1.65. The zero-order valence-corrected chi connectivity index (χ0v) is 18.8. The smallest absolute Gasteiger partial charge is 0.326 e. The summed E-state index contributed by atoms with van der Waals surface area (Å²) in [5.74, 6) is 0.308. The molecule has 1 aliphatic heterocycles. The Morgan fingerprint density at radius 3 is 2.50 bits per heavy atom. The largest absolute Gasteiger partial charge is 0.334 e. The van der Waals surface area contributed by atoms with Crippen LogP contribution in [0.25, 0.3) is 17.0 Å². The van der Waals surface area contributed by atoms with E-state index in [2.05, 4.69) is 22.4 Å². The summed E-state index contributed by atoms with van der Waals surface area (Å²) in [6.07, 6.45) is 0.901. The third-order valence-corrected chi connectivity index (χ3v) is 5.96. The Labute approximate surface area is 196 Å². The molecule has 0 saturated heterocycles. The van der Waals surface area contributed by atoms with Gasteiger partial charge in [0.25, 0.3) is 5.89 Å². The molecule has 0 bridgehead atoms. The lowest BCUT2D eigenvalue weighted by Gasteiger charge is -2.35. The van der Waals surface area contributed by atoms with Gasteiger partial charge in [0.05, 0.1) is 17.3 Å². The quantitative estimate of drug-likeness (QED) is 0.393. The molecule has 7 heteroatoms. The summed E-state index contributed by atoms with van der Waals surface area (Å²) in [4.78, 5) is 19.5. The maximum atomic E-state index is 14.1. The first-order valence-electron chi connectivity index (χ1n) is 11.1. The van der Waals surface area contributed by atoms with Gasteiger partial charge >= 0.3 is 6.03 Å². The first-order chi connectivity index (χ1) is 16.5. The number of benzene rings is 3. The van der Waals surface area contributed by atoms with Gasteiger partial charge in [0, 0.05) is 11.3 Å². The molecule has 0 spiro atoms. The van der Waals surface area contributed by atoms with Gasteiger partial charge in [-0.1, -0.05) is 66.7 Å². The molecule has 1 aliphatic rings. The number of anilines is 1. The van der Waals surface area contributed by atoms with Gasteiger partial charge < -0.3 is 9.84 Å². The van der Waals surface area contributed by atoms with Crippen LogP contribution in [0.2, 0.25) is 0 Å². The molecule has 1 N–H and O–H groups in total. The summed E-state index contributed by atoms with van der Waals surface area (Å²) in [5, 5.41) is 7.16. The lowest BCUT2D eigenvalue weighted by Crippen LogP contribution is -2.46.